The summed E-state index contributed by atoms with van der Waals surface area (Å²) in [7, 11) is 0. The number of nitrogens with zero attached hydrogens (tertiary/aromatic N) is 8. The Bertz CT molecular complexity index is 2020. The number of halogens is 5. The Balaban J connectivity index is 0.000000159. The number of hydrogen-bond acceptors (Lipinski definition) is 12. The minimum absolute atomic E-state index is 0.194. The number of likely N-dealkylation sites (tertiary alicyclic amines) is 2. The van der Waals surface area contributed by atoms with Crippen LogP contribution in [0.1, 0.15) is 108 Å². The first kappa shape index (κ1) is 48.8. The summed E-state index contributed by atoms with van der Waals surface area (Å²) in [5, 5.41) is 13.1. The summed E-state index contributed by atoms with van der Waals surface area (Å²) in [6, 6.07) is 6.10. The lowest BCUT2D eigenvalue weighted by Gasteiger charge is -2.40. The molecule has 0 saturated carbocycles. The normalized spacial score (nSPS) is 20.9. The SMILES string of the molecule is C1=C(c2cc3sc(N4CCC(N5CCCCC5)CC4)nc3cn2)CCCC1.C1=C(c2cc3sc(N4CCC(N5CCCCC5)CC4)nc3cn2)CCNC1.ClCCl.O=C(O)C(F)(F)F. The zero-order valence-electron chi connectivity index (χ0n) is 36.6. The van der Waals surface area contributed by atoms with Crippen LogP contribution >= 0.6 is 45.9 Å². The smallest absolute Gasteiger partial charge is 0.475 e. The van der Waals surface area contributed by atoms with Gasteiger partial charge in [0.15, 0.2) is 10.3 Å². The molecule has 4 fully saturated rings. The second-order valence-electron chi connectivity index (χ2n) is 17.3. The van der Waals surface area contributed by atoms with Crippen molar-refractivity contribution < 1.29 is 23.1 Å². The van der Waals surface area contributed by atoms with Gasteiger partial charge in [0.25, 0.3) is 0 Å². The van der Waals surface area contributed by atoms with E-state index in [-0.39, 0.29) is 5.34 Å². The highest BCUT2D eigenvalue weighted by Gasteiger charge is 2.38. The number of carboxylic acids is 1. The molecule has 0 amide bonds. The average molecular weight is 965 g/mol. The number of aromatic nitrogens is 4. The van der Waals surface area contributed by atoms with Crippen molar-refractivity contribution in [2.75, 3.05) is 80.6 Å². The van der Waals surface area contributed by atoms with Crippen molar-refractivity contribution in [3.05, 3.63) is 48.1 Å². The fraction of sp³-hybridized carbons (Fsp3) is 0.630. The van der Waals surface area contributed by atoms with Crippen molar-refractivity contribution >= 4 is 93.7 Å². The minimum Gasteiger partial charge on any atom is -0.475 e. The fourth-order valence-electron chi connectivity index (χ4n) is 9.60. The number of hydrogen-bond donors (Lipinski definition) is 2. The molecule has 0 bridgehead atoms. The third-order valence-corrected chi connectivity index (χ3v) is 15.2. The molecule has 0 atom stereocenters. The number of carboxylic acid groups (broad SMARTS) is 1. The van der Waals surface area contributed by atoms with Crippen molar-refractivity contribution in [1.82, 2.24) is 35.1 Å². The largest absolute Gasteiger partial charge is 0.490 e. The van der Waals surface area contributed by atoms with E-state index in [4.69, 9.17) is 48.1 Å². The molecule has 4 aromatic rings. The van der Waals surface area contributed by atoms with E-state index in [0.29, 0.717) is 0 Å². The van der Waals surface area contributed by atoms with Crippen LogP contribution in [0.15, 0.2) is 36.7 Å². The van der Waals surface area contributed by atoms with Gasteiger partial charge >= 0.3 is 12.1 Å². The third-order valence-electron chi connectivity index (χ3n) is 13.1. The molecule has 10 rings (SSSR count). The summed E-state index contributed by atoms with van der Waals surface area (Å²) >= 11 is 13.2. The zero-order chi connectivity index (χ0) is 44.9. The van der Waals surface area contributed by atoms with Gasteiger partial charge in [0.2, 0.25) is 0 Å². The second-order valence-corrected chi connectivity index (χ2v) is 20.1. The van der Waals surface area contributed by atoms with Crippen LogP contribution in [-0.4, -0.2) is 130 Å². The van der Waals surface area contributed by atoms with Crippen LogP contribution in [0.25, 0.3) is 31.6 Å². The van der Waals surface area contributed by atoms with Crippen LogP contribution in [0, 0.1) is 0 Å². The topological polar surface area (TPSA) is 114 Å². The Morgan fingerprint density at radius 1 is 0.688 bits per heavy atom. The first-order valence-electron chi connectivity index (χ1n) is 23.1. The number of thiazole rings is 2. The van der Waals surface area contributed by atoms with Crippen molar-refractivity contribution in [2.24, 2.45) is 0 Å². The van der Waals surface area contributed by atoms with Gasteiger partial charge in [-0.1, -0.05) is 47.7 Å². The standard InChI is InChI=1S/C22H30N4S.C21H29N5S.C2HF3O2.CH2Cl2/c1-3-7-17(8-4-1)19-15-21-20(16-23-19)24-22(27-21)26-13-9-18(10-14-26)25-11-5-2-6-12-25;1-2-10-25(11-3-1)17-6-12-26(13-7-17)21-24-19-15-23-18(14-20(19)27-21)16-4-8-22-9-5-16;3-2(4,5)1(6)7;2-1-3/h7,15-16,18H,1-6,8-14H2;4,14-15,17,22H,1-3,5-13H2;(H,6,7);1H2. The summed E-state index contributed by atoms with van der Waals surface area (Å²) in [6.45, 7) is 11.8. The lowest BCUT2D eigenvalue weighted by molar-refractivity contribution is -0.192. The lowest BCUT2D eigenvalue weighted by atomic mass is 9.97. The highest BCUT2D eigenvalue weighted by molar-refractivity contribution is 7.22. The number of allylic oxidation sites excluding steroid dienone is 2. The fourth-order valence-corrected chi connectivity index (χ4v) is 11.7. The number of alkyl halides is 5. The number of anilines is 2. The summed E-state index contributed by atoms with van der Waals surface area (Å²) in [5.41, 5.74) is 7.21. The monoisotopic (exact) mass is 963 g/mol. The maximum atomic E-state index is 10.6. The molecular formula is C46H62Cl2F3N9O2S2. The van der Waals surface area contributed by atoms with E-state index >= 15 is 0 Å². The van der Waals surface area contributed by atoms with Gasteiger partial charge in [-0.2, -0.15) is 13.2 Å². The average Bonchev–Trinajstić information content (AvgIpc) is 3.98. The Morgan fingerprint density at radius 2 is 1.14 bits per heavy atom. The zero-order valence-corrected chi connectivity index (χ0v) is 39.8. The number of fused-ring (bicyclic) bond motifs is 2. The predicted molar refractivity (Wildman–Crippen MR) is 258 cm³/mol. The van der Waals surface area contributed by atoms with Gasteiger partial charge in [0, 0.05) is 44.8 Å². The molecule has 350 valence electrons. The molecule has 4 aromatic heterocycles. The van der Waals surface area contributed by atoms with Gasteiger partial charge < -0.3 is 30.0 Å². The van der Waals surface area contributed by atoms with Crippen LogP contribution < -0.4 is 15.1 Å². The first-order valence-corrected chi connectivity index (χ1v) is 25.8. The summed E-state index contributed by atoms with van der Waals surface area (Å²) in [5.74, 6) is -2.76. The molecule has 6 aliphatic rings. The maximum Gasteiger partial charge on any atom is 0.490 e. The molecule has 9 heterocycles. The van der Waals surface area contributed by atoms with E-state index in [1.54, 1.807) is 0 Å². The molecule has 1 aliphatic carbocycles. The van der Waals surface area contributed by atoms with Crippen LogP contribution in [0.4, 0.5) is 23.4 Å². The Labute approximate surface area is 393 Å². The maximum absolute atomic E-state index is 10.6. The van der Waals surface area contributed by atoms with E-state index in [1.165, 1.54) is 153 Å². The molecule has 0 radical (unpaired) electrons. The van der Waals surface area contributed by atoms with E-state index in [2.05, 4.69) is 54.2 Å². The predicted octanol–water partition coefficient (Wildman–Crippen LogP) is 10.7. The molecule has 2 N–H and O–H groups in total. The van der Waals surface area contributed by atoms with Crippen LogP contribution in [0.3, 0.4) is 0 Å². The van der Waals surface area contributed by atoms with Gasteiger partial charge in [0.1, 0.15) is 11.0 Å². The Kier molecular flexibility index (Phi) is 18.4. The Hall–Kier alpha value is -3.12. The number of carbonyl (C=O) groups is 1. The minimum atomic E-state index is -5.08. The molecule has 11 nitrogen and oxygen atoms in total. The highest BCUT2D eigenvalue weighted by Crippen LogP contribution is 2.35. The molecule has 4 saturated heterocycles. The van der Waals surface area contributed by atoms with Gasteiger partial charge in [-0.15, -0.1) is 23.2 Å². The van der Waals surface area contributed by atoms with E-state index in [9.17, 15) is 13.2 Å². The van der Waals surface area contributed by atoms with Gasteiger partial charge in [-0.05, 0) is 139 Å². The Morgan fingerprint density at radius 3 is 1.53 bits per heavy atom. The second kappa shape index (κ2) is 24.1. The van der Waals surface area contributed by atoms with Crippen LogP contribution in [0.5, 0.6) is 0 Å². The number of aliphatic carboxylic acids is 1. The van der Waals surface area contributed by atoms with Gasteiger partial charge in [0.05, 0.1) is 38.5 Å². The molecular weight excluding hydrogens is 903 g/mol. The van der Waals surface area contributed by atoms with Crippen LogP contribution in [0.2, 0.25) is 0 Å². The number of rotatable bonds is 6. The molecule has 64 heavy (non-hydrogen) atoms. The third kappa shape index (κ3) is 13.5. The molecule has 5 aliphatic heterocycles. The van der Waals surface area contributed by atoms with Crippen molar-refractivity contribution in [1.29, 1.82) is 0 Å². The van der Waals surface area contributed by atoms with Crippen LogP contribution in [-0.2, 0) is 4.79 Å². The van der Waals surface area contributed by atoms with E-state index in [1.807, 2.05) is 35.1 Å². The molecule has 0 aromatic carbocycles. The first-order chi connectivity index (χ1) is 31.1. The summed E-state index contributed by atoms with van der Waals surface area (Å²) < 4.78 is 34.3. The molecule has 18 heteroatoms. The summed E-state index contributed by atoms with van der Waals surface area (Å²) in [6.07, 6.45) is 23.1. The lowest BCUT2D eigenvalue weighted by Crippen LogP contribution is -2.46. The van der Waals surface area contributed by atoms with Crippen molar-refractivity contribution in [3.8, 4) is 0 Å². The van der Waals surface area contributed by atoms with Crippen molar-refractivity contribution in [3.63, 3.8) is 0 Å². The van der Waals surface area contributed by atoms with Crippen molar-refractivity contribution in [2.45, 2.75) is 115 Å². The highest BCUT2D eigenvalue weighted by atomic mass is 35.5. The van der Waals surface area contributed by atoms with Gasteiger partial charge in [-0.25, -0.2) is 14.8 Å². The number of nitrogens with one attached hydrogen (secondary N) is 1. The van der Waals surface area contributed by atoms with E-state index in [0.717, 1.165) is 74.5 Å². The quantitative estimate of drug-likeness (QED) is 0.180. The molecule has 0 spiro atoms. The summed E-state index contributed by atoms with van der Waals surface area (Å²) in [4.78, 5) is 38.6. The number of pyridine rings is 2. The number of piperidine rings is 4. The van der Waals surface area contributed by atoms with E-state index < -0.39 is 12.1 Å². The van der Waals surface area contributed by atoms with Gasteiger partial charge in [-0.3, -0.25) is 9.97 Å². The molecule has 0 unspecified atom stereocenters.